The van der Waals surface area contributed by atoms with Gasteiger partial charge in [-0.15, -0.1) is 6.42 Å². The van der Waals surface area contributed by atoms with Crippen LogP contribution in [0.15, 0.2) is 0 Å². The van der Waals surface area contributed by atoms with Crippen LogP contribution in [-0.2, 0) is 9.59 Å². The minimum absolute atomic E-state index is 0.0241. The summed E-state index contributed by atoms with van der Waals surface area (Å²) in [6.07, 6.45) is 6.76. The topological polar surface area (TPSA) is 57.6 Å². The van der Waals surface area contributed by atoms with Gasteiger partial charge in [-0.25, -0.2) is 0 Å². The summed E-state index contributed by atoms with van der Waals surface area (Å²) in [5, 5.41) is 8.63. The summed E-state index contributed by atoms with van der Waals surface area (Å²) < 4.78 is 0. The summed E-state index contributed by atoms with van der Waals surface area (Å²) in [6.45, 7) is 0.637. The van der Waals surface area contributed by atoms with Gasteiger partial charge in [-0.2, -0.15) is 0 Å². The second-order valence-electron chi connectivity index (χ2n) is 3.36. The molecule has 0 spiro atoms. The molecule has 1 saturated heterocycles. The molecule has 1 heterocycles. The monoisotopic (exact) mass is 195 g/mol. The Morgan fingerprint density at radius 1 is 1.57 bits per heavy atom. The van der Waals surface area contributed by atoms with Crippen molar-refractivity contribution < 1.29 is 14.7 Å². The van der Waals surface area contributed by atoms with Crippen molar-refractivity contribution in [3.8, 4) is 12.3 Å². The Morgan fingerprint density at radius 3 is 2.86 bits per heavy atom. The molecule has 0 radical (unpaired) electrons. The van der Waals surface area contributed by atoms with Crippen LogP contribution < -0.4 is 0 Å². The quantitative estimate of drug-likeness (QED) is 0.666. The second-order valence-corrected chi connectivity index (χ2v) is 3.36. The van der Waals surface area contributed by atoms with Gasteiger partial charge in [-0.1, -0.05) is 5.92 Å². The number of likely N-dealkylation sites (tertiary alicyclic amines) is 1. The van der Waals surface area contributed by atoms with Gasteiger partial charge in [-0.05, 0) is 12.8 Å². The minimum atomic E-state index is -0.865. The summed E-state index contributed by atoms with van der Waals surface area (Å²) in [7, 11) is 0. The average molecular weight is 195 g/mol. The van der Waals surface area contributed by atoms with E-state index < -0.39 is 5.97 Å². The molecule has 1 rings (SSSR count). The molecule has 0 saturated carbocycles. The predicted octanol–water partition coefficient (Wildman–Crippen LogP) is 0.475. The summed E-state index contributed by atoms with van der Waals surface area (Å²) in [5.74, 6) is 1.29. The summed E-state index contributed by atoms with van der Waals surface area (Å²) in [4.78, 5) is 23.5. The molecule has 0 aromatic carbocycles. The van der Waals surface area contributed by atoms with Crippen LogP contribution in [0.25, 0.3) is 0 Å². The van der Waals surface area contributed by atoms with E-state index in [0.29, 0.717) is 6.54 Å². The largest absolute Gasteiger partial charge is 0.481 e. The fourth-order valence-corrected chi connectivity index (χ4v) is 1.77. The molecule has 1 fully saturated rings. The average Bonchev–Trinajstić information content (AvgIpc) is 2.51. The first kappa shape index (κ1) is 10.6. The Morgan fingerprint density at radius 2 is 2.29 bits per heavy atom. The van der Waals surface area contributed by atoms with Gasteiger partial charge in [0.25, 0.3) is 0 Å². The Bertz CT molecular complexity index is 280. The first-order valence-corrected chi connectivity index (χ1v) is 4.60. The smallest absolute Gasteiger partial charge is 0.305 e. The standard InChI is InChI=1S/C10H13NO3/c1-2-4-9(12)11-6-3-5-8(11)7-10(13)14/h1,8H,3-7H2,(H,13,14). The highest BCUT2D eigenvalue weighted by Crippen LogP contribution is 2.20. The van der Waals surface area contributed by atoms with Crippen LogP contribution >= 0.6 is 0 Å². The number of amides is 1. The SMILES string of the molecule is C#CCC(=O)N1CCCC1CC(=O)O. The number of carbonyl (C=O) groups excluding carboxylic acids is 1. The Labute approximate surface area is 82.9 Å². The molecular formula is C10H13NO3. The van der Waals surface area contributed by atoms with Crippen molar-refractivity contribution >= 4 is 11.9 Å². The van der Waals surface area contributed by atoms with Gasteiger partial charge >= 0.3 is 5.97 Å². The lowest BCUT2D eigenvalue weighted by molar-refractivity contribution is -0.139. The minimum Gasteiger partial charge on any atom is -0.481 e. The molecule has 1 amide bonds. The molecule has 14 heavy (non-hydrogen) atoms. The van der Waals surface area contributed by atoms with Crippen molar-refractivity contribution in [1.29, 1.82) is 0 Å². The van der Waals surface area contributed by atoms with E-state index in [1.54, 1.807) is 4.90 Å². The van der Waals surface area contributed by atoms with Gasteiger partial charge in [-0.3, -0.25) is 9.59 Å². The number of terminal acetylenes is 1. The first-order valence-electron chi connectivity index (χ1n) is 4.60. The molecule has 1 unspecified atom stereocenters. The maximum atomic E-state index is 11.4. The molecule has 1 N–H and O–H groups in total. The molecule has 76 valence electrons. The van der Waals surface area contributed by atoms with Crippen molar-refractivity contribution in [3.05, 3.63) is 0 Å². The number of carbonyl (C=O) groups is 2. The predicted molar refractivity (Wildman–Crippen MR) is 50.4 cm³/mol. The van der Waals surface area contributed by atoms with E-state index >= 15 is 0 Å². The lowest BCUT2D eigenvalue weighted by Gasteiger charge is -2.22. The highest BCUT2D eigenvalue weighted by Gasteiger charge is 2.29. The zero-order valence-electron chi connectivity index (χ0n) is 7.90. The summed E-state index contributed by atoms with van der Waals surface area (Å²) in [5.41, 5.74) is 0. The fraction of sp³-hybridized carbons (Fsp3) is 0.600. The third-order valence-corrected chi connectivity index (χ3v) is 2.36. The third-order valence-electron chi connectivity index (χ3n) is 2.36. The molecule has 4 heteroatoms. The van der Waals surface area contributed by atoms with Crippen LogP contribution in [0.1, 0.15) is 25.7 Å². The molecule has 1 aliphatic rings. The lowest BCUT2D eigenvalue weighted by Crippen LogP contribution is -2.36. The second kappa shape index (κ2) is 4.66. The Kier molecular flexibility index (Phi) is 3.52. The fourth-order valence-electron chi connectivity index (χ4n) is 1.77. The van der Waals surface area contributed by atoms with Crippen LogP contribution in [0.5, 0.6) is 0 Å². The van der Waals surface area contributed by atoms with Crippen molar-refractivity contribution in [1.82, 2.24) is 4.90 Å². The summed E-state index contributed by atoms with van der Waals surface area (Å²) >= 11 is 0. The Balaban J connectivity index is 2.55. The number of aliphatic carboxylic acids is 1. The number of nitrogens with zero attached hydrogens (tertiary/aromatic N) is 1. The van der Waals surface area contributed by atoms with Crippen LogP contribution in [0.3, 0.4) is 0 Å². The van der Waals surface area contributed by atoms with Crippen LogP contribution in [-0.4, -0.2) is 34.5 Å². The van der Waals surface area contributed by atoms with Gasteiger partial charge in [0.15, 0.2) is 0 Å². The molecule has 1 atom stereocenters. The lowest BCUT2D eigenvalue weighted by atomic mass is 10.1. The van der Waals surface area contributed by atoms with Crippen molar-refractivity contribution in [3.63, 3.8) is 0 Å². The van der Waals surface area contributed by atoms with E-state index in [4.69, 9.17) is 11.5 Å². The van der Waals surface area contributed by atoms with Gasteiger partial charge < -0.3 is 10.0 Å². The van der Waals surface area contributed by atoms with E-state index in [1.807, 2.05) is 0 Å². The van der Waals surface area contributed by atoms with Gasteiger partial charge in [0.05, 0.1) is 12.8 Å². The highest BCUT2D eigenvalue weighted by atomic mass is 16.4. The zero-order valence-corrected chi connectivity index (χ0v) is 7.90. The van der Waals surface area contributed by atoms with Crippen LogP contribution in [0, 0.1) is 12.3 Å². The first-order chi connectivity index (χ1) is 6.65. The van der Waals surface area contributed by atoms with E-state index in [2.05, 4.69) is 5.92 Å². The van der Waals surface area contributed by atoms with Crippen molar-refractivity contribution in [2.75, 3.05) is 6.54 Å². The van der Waals surface area contributed by atoms with Crippen molar-refractivity contribution in [2.45, 2.75) is 31.7 Å². The molecular weight excluding hydrogens is 182 g/mol. The third kappa shape index (κ3) is 2.49. The number of carboxylic acids is 1. The molecule has 1 aliphatic heterocycles. The number of carboxylic acid groups (broad SMARTS) is 1. The molecule has 0 bridgehead atoms. The number of rotatable bonds is 3. The van der Waals surface area contributed by atoms with Gasteiger partial charge in [0, 0.05) is 12.6 Å². The maximum absolute atomic E-state index is 11.4. The molecule has 4 nitrogen and oxygen atoms in total. The Hall–Kier alpha value is -1.50. The van der Waals surface area contributed by atoms with Crippen LogP contribution in [0.4, 0.5) is 0 Å². The normalized spacial score (nSPS) is 20.5. The molecule has 0 aromatic rings. The van der Waals surface area contributed by atoms with E-state index in [9.17, 15) is 9.59 Å². The van der Waals surface area contributed by atoms with E-state index in [0.717, 1.165) is 12.8 Å². The van der Waals surface area contributed by atoms with E-state index in [1.165, 1.54) is 0 Å². The zero-order chi connectivity index (χ0) is 10.6. The molecule has 0 aliphatic carbocycles. The maximum Gasteiger partial charge on any atom is 0.305 e. The van der Waals surface area contributed by atoms with E-state index in [-0.39, 0.29) is 24.8 Å². The van der Waals surface area contributed by atoms with Gasteiger partial charge in [0.2, 0.25) is 5.91 Å². The number of hydrogen-bond acceptors (Lipinski definition) is 2. The summed E-state index contributed by atoms with van der Waals surface area (Å²) in [6, 6.07) is -0.159. The number of hydrogen-bond donors (Lipinski definition) is 1. The van der Waals surface area contributed by atoms with Gasteiger partial charge in [0.1, 0.15) is 0 Å². The highest BCUT2D eigenvalue weighted by molar-refractivity contribution is 5.80. The van der Waals surface area contributed by atoms with Crippen molar-refractivity contribution in [2.24, 2.45) is 0 Å². The molecule has 0 aromatic heterocycles. The van der Waals surface area contributed by atoms with Crippen LogP contribution in [0.2, 0.25) is 0 Å².